The van der Waals surface area contributed by atoms with Gasteiger partial charge in [-0.2, -0.15) is 0 Å². The lowest BCUT2D eigenvalue weighted by atomic mass is 10.1. The van der Waals surface area contributed by atoms with E-state index < -0.39 is 6.03 Å². The summed E-state index contributed by atoms with van der Waals surface area (Å²) in [6, 6.07) is 8.64. The van der Waals surface area contributed by atoms with Crippen molar-refractivity contribution in [2.75, 3.05) is 12.0 Å². The molecular weight excluding hydrogens is 292 g/mol. The third kappa shape index (κ3) is 4.16. The summed E-state index contributed by atoms with van der Waals surface area (Å²) in [4.78, 5) is 11.9. The number of carbonyl (C=O) groups is 1. The number of phenols is 1. The Morgan fingerprint density at radius 2 is 1.78 bits per heavy atom. The van der Waals surface area contributed by atoms with Gasteiger partial charge in [0, 0.05) is 0 Å². The Labute approximate surface area is 136 Å². The van der Waals surface area contributed by atoms with Crippen molar-refractivity contribution in [1.82, 2.24) is 5.32 Å². The van der Waals surface area contributed by atoms with Gasteiger partial charge >= 0.3 is 6.03 Å². The number of amides is 2. The van der Waals surface area contributed by atoms with E-state index in [9.17, 15) is 9.90 Å². The number of urea groups is 1. The van der Waals surface area contributed by atoms with E-state index in [0.29, 0.717) is 5.69 Å². The molecule has 0 saturated heterocycles. The molecule has 2 amide bonds. The topological polar surface area (TPSA) is 70.6 Å². The first-order valence-corrected chi connectivity index (χ1v) is 7.42. The molecule has 5 heteroatoms. The minimum atomic E-state index is -0.438. The Morgan fingerprint density at radius 1 is 1.09 bits per heavy atom. The van der Waals surface area contributed by atoms with E-state index in [-0.39, 0.29) is 12.5 Å². The highest BCUT2D eigenvalue weighted by molar-refractivity contribution is 5.90. The second-order valence-electron chi connectivity index (χ2n) is 5.59. The third-order valence-electron chi connectivity index (χ3n) is 3.72. The van der Waals surface area contributed by atoms with Crippen LogP contribution in [0.15, 0.2) is 30.3 Å². The molecule has 2 aromatic carbocycles. The molecule has 5 nitrogen and oxygen atoms in total. The molecule has 0 aliphatic carbocycles. The normalized spacial score (nSPS) is 10.3. The van der Waals surface area contributed by atoms with Crippen molar-refractivity contribution in [1.29, 1.82) is 0 Å². The molecule has 0 bridgehead atoms. The number of carbonyl (C=O) groups excluding carboxylic acids is 1. The number of nitrogens with one attached hydrogen (secondary N) is 2. The Bertz CT molecular complexity index is 726. The largest absolute Gasteiger partial charge is 0.506 e. The number of phenolic OH excluding ortho intramolecular Hbond substituents is 1. The van der Waals surface area contributed by atoms with E-state index in [1.54, 1.807) is 12.1 Å². The van der Waals surface area contributed by atoms with Crippen molar-refractivity contribution in [3.8, 4) is 11.5 Å². The van der Waals surface area contributed by atoms with Crippen molar-refractivity contribution in [2.24, 2.45) is 0 Å². The van der Waals surface area contributed by atoms with E-state index in [2.05, 4.69) is 10.6 Å². The van der Waals surface area contributed by atoms with Gasteiger partial charge < -0.3 is 20.5 Å². The second kappa shape index (κ2) is 7.05. The van der Waals surface area contributed by atoms with E-state index in [0.717, 1.165) is 28.0 Å². The predicted molar refractivity (Wildman–Crippen MR) is 91.1 cm³/mol. The number of ether oxygens (including phenoxy) is 1. The summed E-state index contributed by atoms with van der Waals surface area (Å²) >= 11 is 0. The van der Waals surface area contributed by atoms with Gasteiger partial charge in [0.15, 0.2) is 6.73 Å². The molecule has 2 rings (SSSR count). The standard InChI is InChI=1S/C18H22N2O3/c1-11-5-8-15(16(21)9-11)20-18(22)19-10-23-17-13(3)7-6-12(2)14(17)4/h5-9,21H,10H2,1-4H3,(H2,19,20,22). The summed E-state index contributed by atoms with van der Waals surface area (Å²) in [6.07, 6.45) is 0. The van der Waals surface area contributed by atoms with Gasteiger partial charge in [-0.3, -0.25) is 0 Å². The van der Waals surface area contributed by atoms with Gasteiger partial charge in [-0.1, -0.05) is 18.2 Å². The maximum atomic E-state index is 11.9. The Hall–Kier alpha value is -2.69. The zero-order valence-corrected chi connectivity index (χ0v) is 13.9. The Morgan fingerprint density at radius 3 is 2.48 bits per heavy atom. The minimum absolute atomic E-state index is 0.0337. The molecule has 122 valence electrons. The van der Waals surface area contributed by atoms with Crippen molar-refractivity contribution >= 4 is 11.7 Å². The number of aryl methyl sites for hydroxylation is 3. The molecule has 3 N–H and O–H groups in total. The van der Waals surface area contributed by atoms with E-state index in [1.807, 2.05) is 45.9 Å². The number of hydrogen-bond acceptors (Lipinski definition) is 3. The lowest BCUT2D eigenvalue weighted by molar-refractivity contribution is 0.234. The SMILES string of the molecule is Cc1ccc(NC(=O)NCOc2c(C)ccc(C)c2C)c(O)c1. The Balaban J connectivity index is 1.92. The van der Waals surface area contributed by atoms with Gasteiger partial charge in [0.1, 0.15) is 11.5 Å². The molecule has 0 aromatic heterocycles. The first-order chi connectivity index (χ1) is 10.9. The maximum absolute atomic E-state index is 11.9. The summed E-state index contributed by atoms with van der Waals surface area (Å²) in [5, 5.41) is 15.0. The predicted octanol–water partition coefficient (Wildman–Crippen LogP) is 3.78. The van der Waals surface area contributed by atoms with Crippen LogP contribution in [0.25, 0.3) is 0 Å². The highest BCUT2D eigenvalue weighted by Gasteiger charge is 2.08. The van der Waals surface area contributed by atoms with Crippen molar-refractivity contribution < 1.29 is 14.6 Å². The summed E-state index contributed by atoms with van der Waals surface area (Å²) in [7, 11) is 0. The first kappa shape index (κ1) is 16.7. The molecule has 0 unspecified atom stereocenters. The molecule has 0 radical (unpaired) electrons. The fourth-order valence-corrected chi connectivity index (χ4v) is 2.24. The number of aromatic hydroxyl groups is 1. The molecule has 0 fully saturated rings. The van der Waals surface area contributed by atoms with Crippen molar-refractivity contribution in [3.05, 3.63) is 52.6 Å². The van der Waals surface area contributed by atoms with Crippen LogP contribution in [0.4, 0.5) is 10.5 Å². The first-order valence-electron chi connectivity index (χ1n) is 7.42. The number of hydrogen-bond donors (Lipinski definition) is 3. The van der Waals surface area contributed by atoms with Gasteiger partial charge in [0.25, 0.3) is 0 Å². The van der Waals surface area contributed by atoms with Gasteiger partial charge in [-0.05, 0) is 62.1 Å². The molecule has 2 aromatic rings. The van der Waals surface area contributed by atoms with Gasteiger partial charge in [0.2, 0.25) is 0 Å². The average Bonchev–Trinajstić information content (AvgIpc) is 2.49. The van der Waals surface area contributed by atoms with Crippen LogP contribution in [0.1, 0.15) is 22.3 Å². The smallest absolute Gasteiger partial charge is 0.321 e. The monoisotopic (exact) mass is 314 g/mol. The van der Waals surface area contributed by atoms with Crippen LogP contribution in [0.3, 0.4) is 0 Å². The van der Waals surface area contributed by atoms with Crippen LogP contribution in [0.5, 0.6) is 11.5 Å². The van der Waals surface area contributed by atoms with Crippen LogP contribution >= 0.6 is 0 Å². The number of rotatable bonds is 4. The molecule has 23 heavy (non-hydrogen) atoms. The zero-order chi connectivity index (χ0) is 17.0. The Kier molecular flexibility index (Phi) is 5.11. The van der Waals surface area contributed by atoms with Gasteiger partial charge in [-0.25, -0.2) is 4.79 Å². The maximum Gasteiger partial charge on any atom is 0.321 e. The molecule has 0 aliphatic heterocycles. The highest BCUT2D eigenvalue weighted by atomic mass is 16.5. The molecule has 0 heterocycles. The van der Waals surface area contributed by atoms with Crippen molar-refractivity contribution in [2.45, 2.75) is 27.7 Å². The quantitative estimate of drug-likeness (QED) is 0.594. The molecule has 0 saturated carbocycles. The van der Waals surface area contributed by atoms with Crippen LogP contribution < -0.4 is 15.4 Å². The van der Waals surface area contributed by atoms with E-state index in [1.165, 1.54) is 0 Å². The number of benzene rings is 2. The van der Waals surface area contributed by atoms with Crippen molar-refractivity contribution in [3.63, 3.8) is 0 Å². The highest BCUT2D eigenvalue weighted by Crippen LogP contribution is 2.25. The van der Waals surface area contributed by atoms with Gasteiger partial charge in [0.05, 0.1) is 5.69 Å². The fourth-order valence-electron chi connectivity index (χ4n) is 2.24. The lowest BCUT2D eigenvalue weighted by Gasteiger charge is -2.15. The second-order valence-corrected chi connectivity index (χ2v) is 5.59. The summed E-state index contributed by atoms with van der Waals surface area (Å²) in [5.74, 6) is 0.815. The summed E-state index contributed by atoms with van der Waals surface area (Å²) < 4.78 is 5.67. The molecular formula is C18H22N2O3. The average molecular weight is 314 g/mol. The van der Waals surface area contributed by atoms with E-state index in [4.69, 9.17) is 4.74 Å². The fraction of sp³-hybridized carbons (Fsp3) is 0.278. The van der Waals surface area contributed by atoms with Crippen LogP contribution in [-0.2, 0) is 0 Å². The van der Waals surface area contributed by atoms with Gasteiger partial charge in [-0.15, -0.1) is 0 Å². The van der Waals surface area contributed by atoms with Crippen LogP contribution in [0.2, 0.25) is 0 Å². The van der Waals surface area contributed by atoms with Crippen LogP contribution in [0, 0.1) is 27.7 Å². The summed E-state index contributed by atoms with van der Waals surface area (Å²) in [6.45, 7) is 7.88. The third-order valence-corrected chi connectivity index (χ3v) is 3.72. The minimum Gasteiger partial charge on any atom is -0.506 e. The molecule has 0 spiro atoms. The molecule has 0 aliphatic rings. The summed E-state index contributed by atoms with van der Waals surface area (Å²) in [5.41, 5.74) is 4.49. The van der Waals surface area contributed by atoms with Crippen LogP contribution in [-0.4, -0.2) is 17.9 Å². The lowest BCUT2D eigenvalue weighted by Crippen LogP contribution is -2.32. The number of anilines is 1. The zero-order valence-electron chi connectivity index (χ0n) is 13.9. The van der Waals surface area contributed by atoms with E-state index >= 15 is 0 Å². The molecule has 0 atom stereocenters.